The molecule has 1 amide bonds. The molecule has 26 heavy (non-hydrogen) atoms. The number of benzene rings is 1. The average Bonchev–Trinajstić information content (AvgIpc) is 2.82. The molecule has 1 fully saturated rings. The van der Waals surface area contributed by atoms with Gasteiger partial charge in [-0.3, -0.25) is 9.69 Å². The topological polar surface area (TPSA) is 89.9 Å². The SMILES string of the molecule is CCOc1cc(/C=C2\SC(=S)N([C@H](CC(C)C)C(=O)[O-])C2=O)ccc1O. The number of carbonyl (C=O) groups excluding carboxylic acids is 2. The summed E-state index contributed by atoms with van der Waals surface area (Å²) in [6, 6.07) is 3.62. The molecule has 1 N–H and O–H groups in total. The molecule has 0 saturated carbocycles. The van der Waals surface area contributed by atoms with Crippen molar-refractivity contribution in [2.24, 2.45) is 5.92 Å². The van der Waals surface area contributed by atoms with Gasteiger partial charge < -0.3 is 19.7 Å². The van der Waals surface area contributed by atoms with Gasteiger partial charge in [-0.2, -0.15) is 0 Å². The summed E-state index contributed by atoms with van der Waals surface area (Å²) in [6.07, 6.45) is 1.86. The summed E-state index contributed by atoms with van der Waals surface area (Å²) < 4.78 is 5.53. The standard InChI is InChI=1S/C18H21NO5S2/c1-4-24-14-8-11(5-6-13(14)20)9-15-16(21)19(18(25)26-15)12(17(22)23)7-10(2)3/h5-6,8-10,12,20H,4,7H2,1-3H3,(H,22,23)/p-1/b15-9-/t12-/m1/s1. The molecular weight excluding hydrogens is 374 g/mol. The van der Waals surface area contributed by atoms with Crippen LogP contribution in [-0.2, 0) is 9.59 Å². The average molecular weight is 394 g/mol. The van der Waals surface area contributed by atoms with Crippen molar-refractivity contribution in [1.29, 1.82) is 0 Å². The highest BCUT2D eigenvalue weighted by Crippen LogP contribution is 2.36. The zero-order valence-electron chi connectivity index (χ0n) is 14.7. The van der Waals surface area contributed by atoms with Crippen molar-refractivity contribution in [2.45, 2.75) is 33.2 Å². The molecule has 1 aromatic rings. The minimum absolute atomic E-state index is 0.00509. The van der Waals surface area contributed by atoms with E-state index in [1.807, 2.05) is 13.8 Å². The lowest BCUT2D eigenvalue weighted by atomic mass is 10.0. The first kappa shape index (κ1) is 20.3. The van der Waals surface area contributed by atoms with Crippen molar-refractivity contribution >= 4 is 46.3 Å². The van der Waals surface area contributed by atoms with Gasteiger partial charge in [0.2, 0.25) is 0 Å². The van der Waals surface area contributed by atoms with E-state index in [4.69, 9.17) is 17.0 Å². The Morgan fingerprint density at radius 1 is 1.46 bits per heavy atom. The van der Waals surface area contributed by atoms with Crippen LogP contribution in [0.4, 0.5) is 0 Å². The fraction of sp³-hybridized carbons (Fsp3) is 0.389. The van der Waals surface area contributed by atoms with E-state index in [2.05, 4.69) is 0 Å². The van der Waals surface area contributed by atoms with Gasteiger partial charge in [0.15, 0.2) is 11.5 Å². The van der Waals surface area contributed by atoms with Crippen LogP contribution in [0.3, 0.4) is 0 Å². The van der Waals surface area contributed by atoms with Crippen molar-refractivity contribution in [2.75, 3.05) is 6.61 Å². The Morgan fingerprint density at radius 2 is 2.15 bits per heavy atom. The molecule has 8 heteroatoms. The normalized spacial score (nSPS) is 17.2. The number of carboxylic acid groups (broad SMARTS) is 1. The van der Waals surface area contributed by atoms with Crippen LogP contribution in [0.2, 0.25) is 0 Å². The number of rotatable bonds is 7. The molecule has 140 valence electrons. The quantitative estimate of drug-likeness (QED) is 0.560. The van der Waals surface area contributed by atoms with E-state index in [9.17, 15) is 19.8 Å². The second kappa shape index (κ2) is 8.55. The highest BCUT2D eigenvalue weighted by Gasteiger charge is 2.37. The minimum Gasteiger partial charge on any atom is -0.548 e. The molecule has 0 bridgehead atoms. The minimum atomic E-state index is -1.32. The van der Waals surface area contributed by atoms with Crippen LogP contribution in [0.5, 0.6) is 11.5 Å². The first-order valence-corrected chi connectivity index (χ1v) is 9.40. The first-order chi connectivity index (χ1) is 12.2. The van der Waals surface area contributed by atoms with Gasteiger partial charge in [0.05, 0.1) is 23.5 Å². The van der Waals surface area contributed by atoms with Crippen LogP contribution < -0.4 is 9.84 Å². The highest BCUT2D eigenvalue weighted by molar-refractivity contribution is 8.26. The van der Waals surface area contributed by atoms with Crippen LogP contribution in [0.1, 0.15) is 32.8 Å². The summed E-state index contributed by atoms with van der Waals surface area (Å²) in [5.41, 5.74) is 0.639. The molecule has 0 radical (unpaired) electrons. The summed E-state index contributed by atoms with van der Waals surface area (Å²) in [5.74, 6) is -1.40. The molecule has 1 saturated heterocycles. The van der Waals surface area contributed by atoms with Gasteiger partial charge in [0.25, 0.3) is 5.91 Å². The van der Waals surface area contributed by atoms with Crippen molar-refractivity contribution in [3.63, 3.8) is 0 Å². The van der Waals surface area contributed by atoms with Gasteiger partial charge in [0, 0.05) is 0 Å². The predicted octanol–water partition coefficient (Wildman–Crippen LogP) is 2.16. The monoisotopic (exact) mass is 394 g/mol. The Morgan fingerprint density at radius 3 is 2.73 bits per heavy atom. The van der Waals surface area contributed by atoms with E-state index < -0.39 is 17.9 Å². The second-order valence-electron chi connectivity index (χ2n) is 6.18. The number of nitrogens with zero attached hydrogens (tertiary/aromatic N) is 1. The summed E-state index contributed by atoms with van der Waals surface area (Å²) in [6.45, 7) is 5.93. The Hall–Kier alpha value is -2.06. The summed E-state index contributed by atoms with van der Waals surface area (Å²) in [4.78, 5) is 25.6. The Balaban J connectivity index is 2.31. The van der Waals surface area contributed by atoms with E-state index in [0.29, 0.717) is 22.8 Å². The molecule has 1 aliphatic rings. The molecule has 1 aliphatic heterocycles. The molecular formula is C18H20NO5S2-. The third-order valence-electron chi connectivity index (χ3n) is 3.68. The van der Waals surface area contributed by atoms with Crippen LogP contribution in [0.15, 0.2) is 23.1 Å². The Labute approximate surface area is 161 Å². The van der Waals surface area contributed by atoms with Gasteiger partial charge in [-0.05, 0) is 43.0 Å². The molecule has 0 aromatic heterocycles. The molecule has 1 aromatic carbocycles. The Bertz CT molecular complexity index is 760. The molecule has 1 heterocycles. The highest BCUT2D eigenvalue weighted by atomic mass is 32.2. The number of aliphatic carboxylic acids is 1. The van der Waals surface area contributed by atoms with Crippen LogP contribution in [0, 0.1) is 5.92 Å². The summed E-state index contributed by atoms with van der Waals surface area (Å²) in [7, 11) is 0. The number of hydrogen-bond acceptors (Lipinski definition) is 7. The molecule has 1 atom stereocenters. The van der Waals surface area contributed by atoms with Crippen LogP contribution in [0.25, 0.3) is 6.08 Å². The van der Waals surface area contributed by atoms with Crippen LogP contribution in [-0.4, -0.2) is 38.9 Å². The molecule has 0 spiro atoms. The largest absolute Gasteiger partial charge is 0.548 e. The number of aromatic hydroxyl groups is 1. The second-order valence-corrected chi connectivity index (χ2v) is 7.85. The van der Waals surface area contributed by atoms with Gasteiger partial charge in [-0.25, -0.2) is 0 Å². The van der Waals surface area contributed by atoms with E-state index in [0.717, 1.165) is 16.7 Å². The first-order valence-electron chi connectivity index (χ1n) is 8.18. The number of carboxylic acids is 1. The zero-order valence-corrected chi connectivity index (χ0v) is 16.4. The lowest BCUT2D eigenvalue weighted by molar-refractivity contribution is -0.310. The maximum atomic E-state index is 12.7. The van der Waals surface area contributed by atoms with Gasteiger partial charge in [0.1, 0.15) is 4.32 Å². The number of thiocarbonyl (C=S) groups is 1. The van der Waals surface area contributed by atoms with E-state index in [1.165, 1.54) is 6.07 Å². The maximum absolute atomic E-state index is 12.7. The molecule has 0 aliphatic carbocycles. The van der Waals surface area contributed by atoms with Crippen molar-refractivity contribution in [1.82, 2.24) is 4.90 Å². The number of phenolic OH excluding ortho intramolecular Hbond substituents is 1. The number of carbonyl (C=O) groups is 2. The lowest BCUT2D eigenvalue weighted by Gasteiger charge is -2.28. The number of thioether (sulfide) groups is 1. The van der Waals surface area contributed by atoms with E-state index >= 15 is 0 Å². The van der Waals surface area contributed by atoms with E-state index in [-0.39, 0.29) is 22.4 Å². The smallest absolute Gasteiger partial charge is 0.266 e. The lowest BCUT2D eigenvalue weighted by Crippen LogP contribution is -2.50. The van der Waals surface area contributed by atoms with Gasteiger partial charge in [-0.15, -0.1) is 0 Å². The number of phenols is 1. The third kappa shape index (κ3) is 4.56. The third-order valence-corrected chi connectivity index (χ3v) is 5.01. The van der Waals surface area contributed by atoms with E-state index in [1.54, 1.807) is 25.1 Å². The van der Waals surface area contributed by atoms with Gasteiger partial charge >= 0.3 is 0 Å². The van der Waals surface area contributed by atoms with Crippen LogP contribution >= 0.6 is 24.0 Å². The van der Waals surface area contributed by atoms with Crippen molar-refractivity contribution < 1.29 is 24.5 Å². The zero-order chi connectivity index (χ0) is 19.4. The number of hydrogen-bond donors (Lipinski definition) is 1. The van der Waals surface area contributed by atoms with Gasteiger partial charge in [-0.1, -0.05) is 43.9 Å². The molecule has 2 rings (SSSR count). The summed E-state index contributed by atoms with van der Waals surface area (Å²) >= 11 is 6.27. The fourth-order valence-corrected chi connectivity index (χ4v) is 3.90. The Kier molecular flexibility index (Phi) is 6.66. The fourth-order valence-electron chi connectivity index (χ4n) is 2.55. The number of amides is 1. The van der Waals surface area contributed by atoms with Crippen molar-refractivity contribution in [3.05, 3.63) is 28.7 Å². The molecule has 6 nitrogen and oxygen atoms in total. The van der Waals surface area contributed by atoms with Crippen molar-refractivity contribution in [3.8, 4) is 11.5 Å². The maximum Gasteiger partial charge on any atom is 0.266 e. The molecule has 0 unspecified atom stereocenters. The summed E-state index contributed by atoms with van der Waals surface area (Å²) in [5, 5.41) is 21.3. The number of ether oxygens (including phenoxy) is 1. The predicted molar refractivity (Wildman–Crippen MR) is 103 cm³/mol.